The van der Waals surface area contributed by atoms with Gasteiger partial charge in [-0.15, -0.1) is 0 Å². The van der Waals surface area contributed by atoms with Crippen LogP contribution < -0.4 is 5.32 Å². The van der Waals surface area contributed by atoms with Gasteiger partial charge in [-0.3, -0.25) is 4.68 Å². The predicted octanol–water partition coefficient (Wildman–Crippen LogP) is 2.13. The maximum atomic E-state index is 4.28. The summed E-state index contributed by atoms with van der Waals surface area (Å²) in [4.78, 5) is 0. The van der Waals surface area contributed by atoms with Crippen LogP contribution in [0.15, 0.2) is 12.3 Å². The van der Waals surface area contributed by atoms with Crippen molar-refractivity contribution < 1.29 is 0 Å². The van der Waals surface area contributed by atoms with E-state index in [4.69, 9.17) is 0 Å². The van der Waals surface area contributed by atoms with Crippen molar-refractivity contribution in [2.75, 3.05) is 6.54 Å². The zero-order valence-electron chi connectivity index (χ0n) is 10.3. The van der Waals surface area contributed by atoms with E-state index in [9.17, 15) is 0 Å². The van der Waals surface area contributed by atoms with E-state index in [1.54, 1.807) is 0 Å². The van der Waals surface area contributed by atoms with E-state index in [1.165, 1.54) is 5.56 Å². The van der Waals surface area contributed by atoms with E-state index in [0.29, 0.717) is 0 Å². The summed E-state index contributed by atoms with van der Waals surface area (Å²) in [5.74, 6) is 0. The van der Waals surface area contributed by atoms with Gasteiger partial charge in [0.2, 0.25) is 0 Å². The molecule has 0 aliphatic rings. The standard InChI is InChI=1S/C12H21N3/c1-10-11(9-15(5)14-10)7-6-8-13-12(2,3)4/h6-7,9,13H,8H2,1-5H3/b7-6+. The van der Waals surface area contributed by atoms with Crippen LogP contribution in [0.5, 0.6) is 0 Å². The monoisotopic (exact) mass is 207 g/mol. The van der Waals surface area contributed by atoms with Gasteiger partial charge >= 0.3 is 0 Å². The van der Waals surface area contributed by atoms with Gasteiger partial charge < -0.3 is 5.32 Å². The molecule has 0 bridgehead atoms. The highest BCUT2D eigenvalue weighted by Gasteiger charge is 2.05. The normalized spacial score (nSPS) is 12.6. The van der Waals surface area contributed by atoms with Crippen molar-refractivity contribution in [3.05, 3.63) is 23.5 Å². The van der Waals surface area contributed by atoms with Crippen LogP contribution in [0.2, 0.25) is 0 Å². The van der Waals surface area contributed by atoms with Crippen molar-refractivity contribution in [3.8, 4) is 0 Å². The molecule has 15 heavy (non-hydrogen) atoms. The smallest absolute Gasteiger partial charge is 0.0665 e. The molecular weight excluding hydrogens is 186 g/mol. The number of aromatic nitrogens is 2. The van der Waals surface area contributed by atoms with Crippen LogP contribution in [-0.4, -0.2) is 21.9 Å². The molecule has 0 unspecified atom stereocenters. The molecule has 0 atom stereocenters. The minimum atomic E-state index is 0.175. The van der Waals surface area contributed by atoms with Crippen molar-refractivity contribution in [1.82, 2.24) is 15.1 Å². The Morgan fingerprint density at radius 1 is 1.47 bits per heavy atom. The molecule has 0 radical (unpaired) electrons. The van der Waals surface area contributed by atoms with E-state index in [2.05, 4.69) is 43.3 Å². The number of nitrogens with zero attached hydrogens (tertiary/aromatic N) is 2. The SMILES string of the molecule is Cc1nn(C)cc1/C=C/CNC(C)(C)C. The minimum absolute atomic E-state index is 0.175. The van der Waals surface area contributed by atoms with Crippen LogP contribution in [0.1, 0.15) is 32.0 Å². The highest BCUT2D eigenvalue weighted by molar-refractivity contribution is 5.50. The first-order chi connectivity index (χ1) is 6.88. The van der Waals surface area contributed by atoms with Crippen LogP contribution in [0.3, 0.4) is 0 Å². The summed E-state index contributed by atoms with van der Waals surface area (Å²) >= 11 is 0. The van der Waals surface area contributed by atoms with Gasteiger partial charge in [0.15, 0.2) is 0 Å². The average Bonchev–Trinajstić information content (AvgIpc) is 2.37. The number of hydrogen-bond donors (Lipinski definition) is 1. The fourth-order valence-electron chi connectivity index (χ4n) is 1.33. The van der Waals surface area contributed by atoms with E-state index in [-0.39, 0.29) is 5.54 Å². The maximum absolute atomic E-state index is 4.28. The third kappa shape index (κ3) is 4.30. The van der Waals surface area contributed by atoms with Gasteiger partial charge in [0, 0.05) is 30.9 Å². The Hall–Kier alpha value is -1.09. The molecule has 1 heterocycles. The molecular formula is C12H21N3. The predicted molar refractivity (Wildman–Crippen MR) is 64.7 cm³/mol. The Morgan fingerprint density at radius 3 is 2.60 bits per heavy atom. The summed E-state index contributed by atoms with van der Waals surface area (Å²) in [7, 11) is 1.94. The molecule has 0 spiro atoms. The Bertz CT molecular complexity index is 342. The summed E-state index contributed by atoms with van der Waals surface area (Å²) in [5.41, 5.74) is 2.44. The zero-order chi connectivity index (χ0) is 11.5. The molecule has 1 N–H and O–H groups in total. The molecule has 3 nitrogen and oxygen atoms in total. The molecule has 0 saturated heterocycles. The fraction of sp³-hybridized carbons (Fsp3) is 0.583. The summed E-state index contributed by atoms with van der Waals surface area (Å²) in [6.07, 6.45) is 6.28. The quantitative estimate of drug-likeness (QED) is 0.823. The number of nitrogens with one attached hydrogen (secondary N) is 1. The third-order valence-electron chi connectivity index (χ3n) is 2.10. The average molecular weight is 207 g/mol. The topological polar surface area (TPSA) is 29.9 Å². The van der Waals surface area contributed by atoms with Crippen LogP contribution in [0, 0.1) is 6.92 Å². The van der Waals surface area contributed by atoms with Gasteiger partial charge in [0.05, 0.1) is 5.69 Å². The highest BCUT2D eigenvalue weighted by atomic mass is 15.2. The van der Waals surface area contributed by atoms with E-state index in [0.717, 1.165) is 12.2 Å². The van der Waals surface area contributed by atoms with Gasteiger partial charge in [-0.05, 0) is 27.7 Å². The Labute approximate surface area is 92.2 Å². The fourth-order valence-corrected chi connectivity index (χ4v) is 1.33. The van der Waals surface area contributed by atoms with E-state index >= 15 is 0 Å². The second-order valence-electron chi connectivity index (χ2n) is 4.88. The molecule has 1 aromatic heterocycles. The van der Waals surface area contributed by atoms with Crippen molar-refractivity contribution >= 4 is 6.08 Å². The first-order valence-corrected chi connectivity index (χ1v) is 5.30. The number of hydrogen-bond acceptors (Lipinski definition) is 2. The van der Waals surface area contributed by atoms with Crippen molar-refractivity contribution in [3.63, 3.8) is 0 Å². The molecule has 1 aromatic rings. The van der Waals surface area contributed by atoms with Gasteiger partial charge in [0.25, 0.3) is 0 Å². The van der Waals surface area contributed by atoms with Crippen molar-refractivity contribution in [1.29, 1.82) is 0 Å². The van der Waals surface area contributed by atoms with Crippen LogP contribution in [-0.2, 0) is 7.05 Å². The lowest BCUT2D eigenvalue weighted by Gasteiger charge is -2.18. The van der Waals surface area contributed by atoms with Crippen LogP contribution in [0.25, 0.3) is 6.08 Å². The molecule has 0 aliphatic carbocycles. The Morgan fingerprint density at radius 2 is 2.13 bits per heavy atom. The van der Waals surface area contributed by atoms with Crippen LogP contribution >= 0.6 is 0 Å². The summed E-state index contributed by atoms with van der Waals surface area (Å²) < 4.78 is 1.84. The third-order valence-corrected chi connectivity index (χ3v) is 2.10. The summed E-state index contributed by atoms with van der Waals surface area (Å²) in [6, 6.07) is 0. The van der Waals surface area contributed by atoms with E-state index < -0.39 is 0 Å². The minimum Gasteiger partial charge on any atom is -0.309 e. The molecule has 3 heteroatoms. The highest BCUT2D eigenvalue weighted by Crippen LogP contribution is 2.06. The zero-order valence-corrected chi connectivity index (χ0v) is 10.3. The van der Waals surface area contributed by atoms with Crippen molar-refractivity contribution in [2.45, 2.75) is 33.2 Å². The lowest BCUT2D eigenvalue weighted by atomic mass is 10.1. The number of aryl methyl sites for hydroxylation is 2. The first kappa shape index (κ1) is 12.0. The van der Waals surface area contributed by atoms with Crippen LogP contribution in [0.4, 0.5) is 0 Å². The Kier molecular flexibility index (Phi) is 3.69. The van der Waals surface area contributed by atoms with Crippen molar-refractivity contribution in [2.24, 2.45) is 7.05 Å². The second kappa shape index (κ2) is 4.62. The van der Waals surface area contributed by atoms with Gasteiger partial charge in [-0.25, -0.2) is 0 Å². The Balaban J connectivity index is 2.48. The van der Waals surface area contributed by atoms with E-state index in [1.807, 2.05) is 24.9 Å². The molecule has 0 amide bonds. The summed E-state index contributed by atoms with van der Waals surface area (Å²) in [6.45, 7) is 9.40. The lowest BCUT2D eigenvalue weighted by molar-refractivity contribution is 0.450. The van der Waals surface area contributed by atoms with Gasteiger partial charge in [-0.1, -0.05) is 12.2 Å². The molecule has 0 fully saturated rings. The molecule has 84 valence electrons. The molecule has 0 saturated carbocycles. The molecule has 0 aliphatic heterocycles. The summed E-state index contributed by atoms with van der Waals surface area (Å²) in [5, 5.41) is 7.69. The number of rotatable bonds is 3. The largest absolute Gasteiger partial charge is 0.309 e. The molecule has 0 aromatic carbocycles. The maximum Gasteiger partial charge on any atom is 0.0665 e. The van der Waals surface area contributed by atoms with Gasteiger partial charge in [0.1, 0.15) is 0 Å². The first-order valence-electron chi connectivity index (χ1n) is 5.30. The van der Waals surface area contributed by atoms with Gasteiger partial charge in [-0.2, -0.15) is 5.10 Å². The molecule has 1 rings (SSSR count). The lowest BCUT2D eigenvalue weighted by Crippen LogP contribution is -2.35. The second-order valence-corrected chi connectivity index (χ2v) is 4.88.